The van der Waals surface area contributed by atoms with Crippen molar-refractivity contribution in [1.29, 1.82) is 0 Å². The van der Waals surface area contributed by atoms with Crippen LogP contribution in [0.4, 0.5) is 0 Å². The summed E-state index contributed by atoms with van der Waals surface area (Å²) in [6.07, 6.45) is 7.32. The van der Waals surface area contributed by atoms with Crippen LogP contribution >= 0.6 is 23.2 Å². The summed E-state index contributed by atoms with van der Waals surface area (Å²) < 4.78 is 0. The molecule has 0 amide bonds. The summed E-state index contributed by atoms with van der Waals surface area (Å²) in [6.45, 7) is 2.35. The number of aromatic nitrogens is 1. The molecule has 1 saturated carbocycles. The van der Waals surface area contributed by atoms with E-state index >= 15 is 0 Å². The van der Waals surface area contributed by atoms with Crippen LogP contribution in [0.1, 0.15) is 44.1 Å². The maximum atomic E-state index is 6.22. The van der Waals surface area contributed by atoms with Gasteiger partial charge in [0.2, 0.25) is 0 Å². The molecule has 3 heteroatoms. The van der Waals surface area contributed by atoms with Gasteiger partial charge in [-0.25, -0.2) is 0 Å². The minimum atomic E-state index is 0.657. The smallest absolute Gasteiger partial charge is 0.0661 e. The summed E-state index contributed by atoms with van der Waals surface area (Å²) in [6, 6.07) is 3.83. The van der Waals surface area contributed by atoms with E-state index in [2.05, 4.69) is 18.1 Å². The summed E-state index contributed by atoms with van der Waals surface area (Å²) in [4.78, 5) is 3.30. The highest BCUT2D eigenvalue weighted by Crippen LogP contribution is 2.40. The second-order valence-electron chi connectivity index (χ2n) is 5.51. The first-order chi connectivity index (χ1) is 8.65. The normalized spacial score (nSPS) is 24.6. The number of nitrogens with one attached hydrogen (secondary N) is 1. The third kappa shape index (κ3) is 2.15. The Hall–Kier alpha value is -0.660. The lowest BCUT2D eigenvalue weighted by atomic mass is 9.79. The lowest BCUT2D eigenvalue weighted by Gasteiger charge is -2.26. The lowest BCUT2D eigenvalue weighted by molar-refractivity contribution is 0.349. The molecule has 0 atom stereocenters. The molecule has 0 radical (unpaired) electrons. The quantitative estimate of drug-likeness (QED) is 0.683. The Bertz CT molecular complexity index is 565. The Morgan fingerprint density at radius 1 is 1.11 bits per heavy atom. The molecule has 96 valence electrons. The van der Waals surface area contributed by atoms with Crippen molar-refractivity contribution in [3.05, 3.63) is 33.9 Å². The highest BCUT2D eigenvalue weighted by Gasteiger charge is 2.22. The summed E-state index contributed by atoms with van der Waals surface area (Å²) in [5, 5.41) is 2.64. The fraction of sp³-hybridized carbons (Fsp3) is 0.467. The van der Waals surface area contributed by atoms with Crippen LogP contribution in [0.25, 0.3) is 10.9 Å². The molecule has 1 heterocycles. The van der Waals surface area contributed by atoms with Gasteiger partial charge in [-0.15, -0.1) is 0 Å². The second-order valence-corrected chi connectivity index (χ2v) is 6.35. The highest BCUT2D eigenvalue weighted by molar-refractivity contribution is 6.38. The van der Waals surface area contributed by atoms with Gasteiger partial charge in [-0.05, 0) is 42.4 Å². The van der Waals surface area contributed by atoms with Crippen LogP contribution in [0.15, 0.2) is 18.3 Å². The molecule has 0 aliphatic heterocycles. The molecule has 2 aromatic rings. The topological polar surface area (TPSA) is 15.8 Å². The third-order valence-corrected chi connectivity index (χ3v) is 4.71. The van der Waals surface area contributed by atoms with E-state index < -0.39 is 0 Å². The zero-order valence-corrected chi connectivity index (χ0v) is 12.0. The van der Waals surface area contributed by atoms with E-state index in [9.17, 15) is 0 Å². The van der Waals surface area contributed by atoms with Crippen LogP contribution in [0.5, 0.6) is 0 Å². The Morgan fingerprint density at radius 2 is 1.83 bits per heavy atom. The van der Waals surface area contributed by atoms with Gasteiger partial charge in [-0.2, -0.15) is 0 Å². The maximum Gasteiger partial charge on any atom is 0.0661 e. The van der Waals surface area contributed by atoms with Crippen molar-refractivity contribution in [1.82, 2.24) is 4.98 Å². The van der Waals surface area contributed by atoms with Gasteiger partial charge >= 0.3 is 0 Å². The van der Waals surface area contributed by atoms with Crippen molar-refractivity contribution in [2.45, 2.75) is 38.5 Å². The minimum absolute atomic E-state index is 0.657. The van der Waals surface area contributed by atoms with E-state index in [0.717, 1.165) is 16.5 Å². The molecule has 1 N–H and O–H groups in total. The van der Waals surface area contributed by atoms with Crippen LogP contribution in [0.3, 0.4) is 0 Å². The van der Waals surface area contributed by atoms with Gasteiger partial charge in [0.15, 0.2) is 0 Å². The third-order valence-electron chi connectivity index (χ3n) is 4.19. The first-order valence-corrected chi connectivity index (χ1v) is 7.36. The molecular weight excluding hydrogens is 265 g/mol. The fourth-order valence-electron chi connectivity index (χ4n) is 3.08. The van der Waals surface area contributed by atoms with Crippen LogP contribution < -0.4 is 0 Å². The van der Waals surface area contributed by atoms with Gasteiger partial charge < -0.3 is 4.98 Å². The predicted octanol–water partition coefficient (Wildman–Crippen LogP) is 5.77. The Morgan fingerprint density at radius 3 is 2.56 bits per heavy atom. The number of hydrogen-bond acceptors (Lipinski definition) is 0. The minimum Gasteiger partial charge on any atom is -0.360 e. The van der Waals surface area contributed by atoms with Gasteiger partial charge in [0.05, 0.1) is 10.5 Å². The molecule has 0 unspecified atom stereocenters. The summed E-state index contributed by atoms with van der Waals surface area (Å²) in [5.74, 6) is 1.53. The van der Waals surface area contributed by atoms with Gasteiger partial charge in [-0.1, -0.05) is 43.0 Å². The molecule has 1 aliphatic carbocycles. The van der Waals surface area contributed by atoms with Gasteiger partial charge in [0.25, 0.3) is 0 Å². The van der Waals surface area contributed by atoms with Crippen molar-refractivity contribution >= 4 is 34.1 Å². The zero-order valence-electron chi connectivity index (χ0n) is 10.5. The number of rotatable bonds is 1. The van der Waals surface area contributed by atoms with Crippen molar-refractivity contribution in [2.75, 3.05) is 0 Å². The van der Waals surface area contributed by atoms with Crippen LogP contribution in [0, 0.1) is 5.92 Å². The SMILES string of the molecule is CC1CCC(c2c[nH]c3c(Cl)cc(Cl)cc23)CC1. The van der Waals surface area contributed by atoms with Gasteiger partial charge in [0, 0.05) is 16.6 Å². The number of halogens is 2. The average molecular weight is 282 g/mol. The monoisotopic (exact) mass is 281 g/mol. The van der Waals surface area contributed by atoms with E-state index in [4.69, 9.17) is 23.2 Å². The molecule has 3 rings (SSSR count). The van der Waals surface area contributed by atoms with Crippen LogP contribution in [0.2, 0.25) is 10.0 Å². The zero-order chi connectivity index (χ0) is 12.7. The van der Waals surface area contributed by atoms with E-state index in [-0.39, 0.29) is 0 Å². The van der Waals surface area contributed by atoms with Crippen molar-refractivity contribution in [3.8, 4) is 0 Å². The first-order valence-electron chi connectivity index (χ1n) is 6.61. The molecule has 1 nitrogen and oxygen atoms in total. The van der Waals surface area contributed by atoms with Crippen LogP contribution in [-0.2, 0) is 0 Å². The molecule has 1 aromatic carbocycles. The Labute approximate surface area is 117 Å². The summed E-state index contributed by atoms with van der Waals surface area (Å²) >= 11 is 12.3. The molecule has 0 saturated heterocycles. The molecular formula is C15H17Cl2N. The lowest BCUT2D eigenvalue weighted by Crippen LogP contribution is -2.10. The molecule has 0 spiro atoms. The number of fused-ring (bicyclic) bond motifs is 1. The van der Waals surface area contributed by atoms with Gasteiger partial charge in [-0.3, -0.25) is 0 Å². The average Bonchev–Trinajstić information content (AvgIpc) is 2.74. The van der Waals surface area contributed by atoms with E-state index in [0.29, 0.717) is 10.9 Å². The number of H-pyrrole nitrogens is 1. The molecule has 1 aromatic heterocycles. The van der Waals surface area contributed by atoms with E-state index in [1.54, 1.807) is 6.07 Å². The standard InChI is InChI=1S/C15H17Cl2N/c1-9-2-4-10(5-3-9)13-8-18-15-12(13)6-11(16)7-14(15)17/h6-10,18H,2-5H2,1H3. The van der Waals surface area contributed by atoms with Crippen molar-refractivity contribution in [2.24, 2.45) is 5.92 Å². The van der Waals surface area contributed by atoms with Crippen LogP contribution in [-0.4, -0.2) is 4.98 Å². The Kier molecular flexibility index (Phi) is 3.29. The first kappa shape index (κ1) is 12.4. The molecule has 1 aliphatic rings. The number of aromatic amines is 1. The summed E-state index contributed by atoms with van der Waals surface area (Å²) in [5.41, 5.74) is 2.41. The predicted molar refractivity (Wildman–Crippen MR) is 78.7 cm³/mol. The van der Waals surface area contributed by atoms with Gasteiger partial charge in [0.1, 0.15) is 0 Å². The van der Waals surface area contributed by atoms with Crippen molar-refractivity contribution in [3.63, 3.8) is 0 Å². The molecule has 0 bridgehead atoms. The second kappa shape index (κ2) is 4.79. The highest BCUT2D eigenvalue weighted by atomic mass is 35.5. The molecule has 18 heavy (non-hydrogen) atoms. The van der Waals surface area contributed by atoms with E-state index in [1.807, 2.05) is 6.07 Å². The maximum absolute atomic E-state index is 6.22. The van der Waals surface area contributed by atoms with Crippen molar-refractivity contribution < 1.29 is 0 Å². The summed E-state index contributed by atoms with van der Waals surface area (Å²) in [7, 11) is 0. The number of hydrogen-bond donors (Lipinski definition) is 1. The largest absolute Gasteiger partial charge is 0.360 e. The Balaban J connectivity index is 2.02. The van der Waals surface area contributed by atoms with E-state index in [1.165, 1.54) is 36.6 Å². The number of benzene rings is 1. The molecule has 1 fully saturated rings. The fourth-order valence-corrected chi connectivity index (χ4v) is 3.63.